The lowest BCUT2D eigenvalue weighted by Gasteiger charge is -2.33. The normalized spacial score (nSPS) is 28.4. The van der Waals surface area contributed by atoms with Gasteiger partial charge in [0.15, 0.2) is 0 Å². The monoisotopic (exact) mass is 266 g/mol. The van der Waals surface area contributed by atoms with E-state index in [4.69, 9.17) is 14.3 Å². The summed E-state index contributed by atoms with van der Waals surface area (Å²) in [5.74, 6) is 0.748. The van der Waals surface area contributed by atoms with Crippen molar-refractivity contribution in [2.24, 2.45) is 11.8 Å². The molecule has 0 aliphatic heterocycles. The third-order valence-electron chi connectivity index (χ3n) is 3.41. The minimum atomic E-state index is -4.40. The molecule has 0 aromatic heterocycles. The molecule has 0 aromatic rings. The number of phosphoric acid groups is 1. The molecule has 17 heavy (non-hydrogen) atoms. The van der Waals surface area contributed by atoms with Crippen molar-refractivity contribution >= 4 is 7.82 Å². The van der Waals surface area contributed by atoms with Gasteiger partial charge in [-0.1, -0.05) is 19.8 Å². The zero-order valence-electron chi connectivity index (χ0n) is 11.2. The molecule has 0 saturated heterocycles. The Hall–Kier alpha value is 0.0700. The van der Waals surface area contributed by atoms with Gasteiger partial charge in [-0.05, 0) is 18.3 Å². The maximum absolute atomic E-state index is 11.1. The van der Waals surface area contributed by atoms with E-state index in [2.05, 4.69) is 6.92 Å². The Labute approximate surface area is 104 Å². The van der Waals surface area contributed by atoms with Crippen molar-refractivity contribution in [1.82, 2.24) is 0 Å². The van der Waals surface area contributed by atoms with Crippen molar-refractivity contribution in [3.05, 3.63) is 0 Å². The van der Waals surface area contributed by atoms with Gasteiger partial charge in [0.25, 0.3) is 0 Å². The lowest BCUT2D eigenvalue weighted by atomic mass is 9.92. The van der Waals surface area contributed by atoms with Crippen molar-refractivity contribution in [2.45, 2.75) is 32.3 Å². The Morgan fingerprint density at radius 3 is 2.29 bits per heavy atom. The van der Waals surface area contributed by atoms with Crippen molar-refractivity contribution < 1.29 is 23.4 Å². The average Bonchev–Trinajstić information content (AvgIpc) is 2.44. The maximum Gasteiger partial charge on any atom is 0.470 e. The largest absolute Gasteiger partial charge is 0.470 e. The Kier molecular flexibility index (Phi) is 4.78. The second-order valence-electron chi connectivity index (χ2n) is 6.18. The molecule has 0 radical (unpaired) electrons. The van der Waals surface area contributed by atoms with Crippen LogP contribution in [0.2, 0.25) is 0 Å². The molecule has 6 heteroatoms. The summed E-state index contributed by atoms with van der Waals surface area (Å²) in [6.45, 7) is 2.77. The number of nitrogens with zero attached hydrogens (tertiary/aromatic N) is 1. The number of rotatable bonds is 5. The standard InChI is InChI=1S/C11H24NO4P/c1-9-6-5-7-10(9)11(8-12(2,3)4)16-17(13,14)15/h9-11H,5-8H2,1-4H3,(H-,13,14,15)/p+1/t9-,10-,11?/m1/s1. The minimum Gasteiger partial charge on any atom is -0.329 e. The van der Waals surface area contributed by atoms with Crippen LogP contribution in [0.4, 0.5) is 0 Å². The van der Waals surface area contributed by atoms with E-state index in [1.165, 1.54) is 0 Å². The molecule has 1 aliphatic carbocycles. The SMILES string of the molecule is C[C@@H]1CCC[C@H]1C(C[N+](C)(C)C)OP(=O)(O)O. The predicted molar refractivity (Wildman–Crippen MR) is 66.3 cm³/mol. The van der Waals surface area contributed by atoms with Crippen molar-refractivity contribution in [3.63, 3.8) is 0 Å². The number of hydrogen-bond acceptors (Lipinski definition) is 2. The van der Waals surface area contributed by atoms with Crippen LogP contribution in [0.1, 0.15) is 26.2 Å². The van der Waals surface area contributed by atoms with Crippen LogP contribution >= 0.6 is 7.82 Å². The number of phosphoric ester groups is 1. The summed E-state index contributed by atoms with van der Waals surface area (Å²) in [7, 11) is 1.63. The van der Waals surface area contributed by atoms with Gasteiger partial charge in [0.2, 0.25) is 0 Å². The van der Waals surface area contributed by atoms with E-state index in [1.54, 1.807) is 0 Å². The summed E-state index contributed by atoms with van der Waals surface area (Å²) >= 11 is 0. The Balaban J connectivity index is 2.75. The molecule has 0 heterocycles. The molecule has 2 N–H and O–H groups in total. The van der Waals surface area contributed by atoms with Gasteiger partial charge >= 0.3 is 7.82 Å². The van der Waals surface area contributed by atoms with Crippen LogP contribution in [-0.4, -0.2) is 48.1 Å². The van der Waals surface area contributed by atoms with Crippen LogP contribution in [0.3, 0.4) is 0 Å². The molecule has 0 spiro atoms. The van der Waals surface area contributed by atoms with Crippen molar-refractivity contribution in [2.75, 3.05) is 27.7 Å². The summed E-state index contributed by atoms with van der Waals surface area (Å²) < 4.78 is 16.7. The van der Waals surface area contributed by atoms with Gasteiger partial charge in [-0.2, -0.15) is 0 Å². The smallest absolute Gasteiger partial charge is 0.329 e. The van der Waals surface area contributed by atoms with Crippen LogP contribution in [0.5, 0.6) is 0 Å². The van der Waals surface area contributed by atoms with Crippen molar-refractivity contribution in [3.8, 4) is 0 Å². The molecule has 1 fully saturated rings. The molecule has 1 rings (SSSR count). The molecule has 0 bridgehead atoms. The lowest BCUT2D eigenvalue weighted by molar-refractivity contribution is -0.873. The first-order valence-electron chi connectivity index (χ1n) is 6.13. The average molecular weight is 266 g/mol. The fourth-order valence-corrected chi connectivity index (χ4v) is 3.27. The summed E-state index contributed by atoms with van der Waals surface area (Å²) in [4.78, 5) is 18.0. The van der Waals surface area contributed by atoms with E-state index in [1.807, 2.05) is 21.1 Å². The van der Waals surface area contributed by atoms with Crippen molar-refractivity contribution in [1.29, 1.82) is 0 Å². The molecular formula is C11H25NO4P+. The summed E-state index contributed by atoms with van der Waals surface area (Å²) in [6.07, 6.45) is 2.91. The zero-order chi connectivity index (χ0) is 13.3. The Morgan fingerprint density at radius 2 is 1.94 bits per heavy atom. The highest BCUT2D eigenvalue weighted by molar-refractivity contribution is 7.46. The molecule has 1 saturated carbocycles. The van der Waals surface area contributed by atoms with E-state index in [9.17, 15) is 4.57 Å². The molecule has 5 nitrogen and oxygen atoms in total. The topological polar surface area (TPSA) is 66.8 Å². The highest BCUT2D eigenvalue weighted by atomic mass is 31.2. The van der Waals surface area contributed by atoms with E-state index >= 15 is 0 Å². The Bertz CT molecular complexity index is 296. The number of hydrogen-bond donors (Lipinski definition) is 2. The second-order valence-corrected chi connectivity index (χ2v) is 7.37. The number of likely N-dealkylation sites (N-methyl/N-ethyl adjacent to an activating group) is 1. The molecule has 1 unspecified atom stereocenters. The van der Waals surface area contributed by atoms with E-state index in [0.29, 0.717) is 16.9 Å². The molecule has 0 aromatic carbocycles. The van der Waals surface area contributed by atoms with E-state index < -0.39 is 7.82 Å². The van der Waals surface area contributed by atoms with E-state index in [-0.39, 0.29) is 12.0 Å². The maximum atomic E-state index is 11.1. The molecule has 102 valence electrons. The van der Waals surface area contributed by atoms with Gasteiger partial charge in [0, 0.05) is 0 Å². The molecule has 1 aliphatic rings. The quantitative estimate of drug-likeness (QED) is 0.586. The number of quaternary nitrogens is 1. The van der Waals surface area contributed by atoms with E-state index in [0.717, 1.165) is 19.3 Å². The third-order valence-corrected chi connectivity index (χ3v) is 3.95. The first-order chi connectivity index (χ1) is 7.58. The van der Waals surface area contributed by atoms with Gasteiger partial charge in [-0.15, -0.1) is 0 Å². The molecule has 0 amide bonds. The molecular weight excluding hydrogens is 241 g/mol. The summed E-state index contributed by atoms with van der Waals surface area (Å²) in [5.41, 5.74) is 0. The van der Waals surface area contributed by atoms with Crippen LogP contribution in [-0.2, 0) is 9.09 Å². The zero-order valence-corrected chi connectivity index (χ0v) is 12.1. The van der Waals surface area contributed by atoms with Gasteiger partial charge in [-0.3, -0.25) is 4.52 Å². The highest BCUT2D eigenvalue weighted by Crippen LogP contribution is 2.44. The highest BCUT2D eigenvalue weighted by Gasteiger charge is 2.38. The van der Waals surface area contributed by atoms with Gasteiger partial charge < -0.3 is 14.3 Å². The van der Waals surface area contributed by atoms with Crippen LogP contribution in [0.15, 0.2) is 0 Å². The second kappa shape index (κ2) is 5.37. The first-order valence-corrected chi connectivity index (χ1v) is 7.66. The fourth-order valence-electron chi connectivity index (χ4n) is 2.69. The summed E-state index contributed by atoms with van der Waals surface area (Å²) in [6, 6.07) is 0. The Morgan fingerprint density at radius 1 is 1.35 bits per heavy atom. The fraction of sp³-hybridized carbons (Fsp3) is 1.00. The summed E-state index contributed by atoms with van der Waals surface area (Å²) in [5, 5.41) is 0. The first kappa shape index (κ1) is 15.1. The molecule has 3 atom stereocenters. The lowest BCUT2D eigenvalue weighted by Crippen LogP contribution is -2.45. The van der Waals surface area contributed by atoms with Crippen LogP contribution < -0.4 is 0 Å². The predicted octanol–water partition coefficient (Wildman–Crippen LogP) is 1.61. The van der Waals surface area contributed by atoms with Gasteiger partial charge in [0.1, 0.15) is 12.6 Å². The third kappa shape index (κ3) is 5.49. The minimum absolute atomic E-state index is 0.264. The van der Waals surface area contributed by atoms with Crippen LogP contribution in [0, 0.1) is 11.8 Å². The van der Waals surface area contributed by atoms with Gasteiger partial charge in [-0.25, -0.2) is 4.57 Å². The van der Waals surface area contributed by atoms with Crippen LogP contribution in [0.25, 0.3) is 0 Å². The van der Waals surface area contributed by atoms with Gasteiger partial charge in [0.05, 0.1) is 21.1 Å².